The molecule has 1 unspecified atom stereocenters. The molecule has 0 radical (unpaired) electrons. The van der Waals surface area contributed by atoms with E-state index in [2.05, 4.69) is 23.1 Å². The fraction of sp³-hybridized carbons (Fsp3) is 0.741. The largest absolute Gasteiger partial charge is 0.497 e. The average molecular weight is 406 g/mol. The van der Waals surface area contributed by atoms with E-state index in [0.717, 1.165) is 24.0 Å². The van der Waals surface area contributed by atoms with Gasteiger partial charge in [-0.15, -0.1) is 0 Å². The van der Waals surface area contributed by atoms with Gasteiger partial charge in [-0.1, -0.05) is 6.07 Å². The Hall–Kier alpha value is -1.35. The predicted octanol–water partition coefficient (Wildman–Crippen LogP) is 4.61. The molecule has 0 N–H and O–H groups in total. The van der Waals surface area contributed by atoms with Gasteiger partial charge in [0.25, 0.3) is 0 Å². The second kappa shape index (κ2) is 6.34. The number of ether oxygens (including phenoxy) is 1. The molecule has 30 heavy (non-hydrogen) atoms. The standard InChI is InChI=1S/C27H35NO2/c1-30-20-9-8-19-12-22-26-25-18-6-4-17(5-7-18)24(25)23(29)14-27(26,21(19)13-20)10-11-28(22)15-16-2-3-16/h8-9,13,16-18,22,24-26H,2-7,10-12,14-15H2,1H3/t17?,18?,22-,24+,25+,26-,27?/m1/s1. The predicted molar refractivity (Wildman–Crippen MR) is 117 cm³/mol. The van der Waals surface area contributed by atoms with Crippen molar-refractivity contribution in [2.24, 2.45) is 35.5 Å². The number of piperidine rings is 1. The molecule has 1 aromatic carbocycles. The lowest BCUT2D eigenvalue weighted by Gasteiger charge is -2.66. The summed E-state index contributed by atoms with van der Waals surface area (Å²) in [6, 6.07) is 7.44. The van der Waals surface area contributed by atoms with Crippen molar-refractivity contribution in [3.63, 3.8) is 0 Å². The monoisotopic (exact) mass is 405 g/mol. The van der Waals surface area contributed by atoms with Crippen LogP contribution in [0.5, 0.6) is 5.75 Å². The molecule has 160 valence electrons. The number of ketones is 1. The van der Waals surface area contributed by atoms with Gasteiger partial charge in [0.15, 0.2) is 0 Å². The molecule has 0 amide bonds. The number of carbonyl (C=O) groups excluding carboxylic acids is 1. The molecular weight excluding hydrogens is 370 g/mol. The van der Waals surface area contributed by atoms with E-state index >= 15 is 0 Å². The van der Waals surface area contributed by atoms with Crippen LogP contribution in [0.25, 0.3) is 0 Å². The van der Waals surface area contributed by atoms with Crippen LogP contribution in [0.4, 0.5) is 0 Å². The summed E-state index contributed by atoms with van der Waals surface area (Å²) in [5.41, 5.74) is 3.06. The Balaban J connectivity index is 1.39. The SMILES string of the molecule is COc1ccc2c(c1)C13CCN(CC4CC4)[C@H](C2)[C@@H]1[C@H]1C2CCC(CC2)[C@H]1C(=O)C3. The number of fused-ring (bicyclic) bond motifs is 3. The molecule has 1 aliphatic heterocycles. The molecule has 1 saturated heterocycles. The van der Waals surface area contributed by atoms with E-state index < -0.39 is 0 Å². The van der Waals surface area contributed by atoms with Crippen molar-refractivity contribution in [3.05, 3.63) is 29.3 Å². The van der Waals surface area contributed by atoms with E-state index in [1.807, 2.05) is 0 Å². The molecule has 6 fully saturated rings. The number of methoxy groups -OCH3 is 1. The van der Waals surface area contributed by atoms with Crippen molar-refractivity contribution in [1.29, 1.82) is 0 Å². The third-order valence-electron chi connectivity index (χ3n) is 10.4. The molecule has 5 atom stereocenters. The Morgan fingerprint density at radius 3 is 2.67 bits per heavy atom. The quantitative estimate of drug-likeness (QED) is 0.735. The Kier molecular flexibility index (Phi) is 3.86. The minimum atomic E-state index is 0.0720. The first-order valence-corrected chi connectivity index (χ1v) is 12.6. The van der Waals surface area contributed by atoms with Crippen molar-refractivity contribution in [1.82, 2.24) is 4.90 Å². The topological polar surface area (TPSA) is 29.5 Å². The van der Waals surface area contributed by atoms with Gasteiger partial charge in [0.2, 0.25) is 0 Å². The number of Topliss-reactive ketones (excluding diaryl/α,β-unsaturated/α-hetero) is 1. The summed E-state index contributed by atoms with van der Waals surface area (Å²) in [6.07, 6.45) is 11.4. The summed E-state index contributed by atoms with van der Waals surface area (Å²) in [5.74, 6) is 5.73. The number of likely N-dealkylation sites (tertiary alicyclic amines) is 1. The van der Waals surface area contributed by atoms with Crippen molar-refractivity contribution < 1.29 is 9.53 Å². The molecule has 6 aliphatic carbocycles. The number of hydrogen-bond donors (Lipinski definition) is 0. The number of carbonyl (C=O) groups is 1. The molecular formula is C27H35NO2. The van der Waals surface area contributed by atoms with E-state index in [4.69, 9.17) is 4.74 Å². The molecule has 0 aromatic heterocycles. The summed E-state index contributed by atoms with van der Waals surface area (Å²) in [5, 5.41) is 0. The number of benzene rings is 1. The minimum Gasteiger partial charge on any atom is -0.497 e. The van der Waals surface area contributed by atoms with Crippen molar-refractivity contribution in [2.75, 3.05) is 20.2 Å². The molecule has 3 nitrogen and oxygen atoms in total. The first-order valence-electron chi connectivity index (χ1n) is 12.6. The Labute approximate surface area is 180 Å². The smallest absolute Gasteiger partial charge is 0.137 e. The van der Waals surface area contributed by atoms with Crippen LogP contribution in [0, 0.1) is 35.5 Å². The Morgan fingerprint density at radius 1 is 1.10 bits per heavy atom. The summed E-state index contributed by atoms with van der Waals surface area (Å²) >= 11 is 0. The fourth-order valence-electron chi connectivity index (χ4n) is 9.10. The highest BCUT2D eigenvalue weighted by atomic mass is 16.5. The van der Waals surface area contributed by atoms with Gasteiger partial charge in [-0.3, -0.25) is 9.69 Å². The number of rotatable bonds is 3. The van der Waals surface area contributed by atoms with Gasteiger partial charge in [0.1, 0.15) is 11.5 Å². The van der Waals surface area contributed by atoms with Crippen LogP contribution in [-0.4, -0.2) is 36.9 Å². The van der Waals surface area contributed by atoms with Crippen molar-refractivity contribution in [2.45, 2.75) is 69.2 Å². The lowest BCUT2D eigenvalue weighted by molar-refractivity contribution is -0.161. The van der Waals surface area contributed by atoms with E-state index in [-0.39, 0.29) is 5.41 Å². The van der Waals surface area contributed by atoms with E-state index in [1.165, 1.54) is 75.6 Å². The highest BCUT2D eigenvalue weighted by Gasteiger charge is 2.65. The van der Waals surface area contributed by atoms with Crippen LogP contribution < -0.4 is 4.74 Å². The molecule has 4 bridgehead atoms. The Bertz CT molecular complexity index is 883. The van der Waals surface area contributed by atoms with Gasteiger partial charge >= 0.3 is 0 Å². The normalized spacial score (nSPS) is 44.2. The van der Waals surface area contributed by atoms with Crippen LogP contribution in [0.1, 0.15) is 62.5 Å². The zero-order valence-electron chi connectivity index (χ0n) is 18.3. The molecule has 3 heteroatoms. The maximum absolute atomic E-state index is 13.8. The summed E-state index contributed by atoms with van der Waals surface area (Å²) < 4.78 is 5.66. The van der Waals surface area contributed by atoms with Crippen LogP contribution >= 0.6 is 0 Å². The summed E-state index contributed by atoms with van der Waals surface area (Å²) in [6.45, 7) is 2.50. The molecule has 7 aliphatic rings. The number of hydrogen-bond acceptors (Lipinski definition) is 3. The lowest BCUT2D eigenvalue weighted by Crippen LogP contribution is -2.69. The second-order valence-corrected chi connectivity index (χ2v) is 11.6. The number of nitrogens with zero attached hydrogens (tertiary/aromatic N) is 1. The average Bonchev–Trinajstić information content (AvgIpc) is 3.60. The maximum Gasteiger partial charge on any atom is 0.137 e. The highest BCUT2D eigenvalue weighted by Crippen LogP contribution is 2.65. The maximum atomic E-state index is 13.8. The molecule has 0 spiro atoms. The van der Waals surface area contributed by atoms with E-state index in [1.54, 1.807) is 7.11 Å². The third kappa shape index (κ3) is 2.39. The lowest BCUT2D eigenvalue weighted by atomic mass is 9.40. The second-order valence-electron chi connectivity index (χ2n) is 11.6. The molecule has 1 aromatic rings. The zero-order chi connectivity index (χ0) is 20.0. The minimum absolute atomic E-state index is 0.0720. The summed E-state index contributed by atoms with van der Waals surface area (Å²) in [4.78, 5) is 16.6. The van der Waals surface area contributed by atoms with Crippen LogP contribution in [-0.2, 0) is 16.6 Å². The van der Waals surface area contributed by atoms with Gasteiger partial charge in [0, 0.05) is 30.3 Å². The van der Waals surface area contributed by atoms with Gasteiger partial charge in [-0.05, 0) is 111 Å². The van der Waals surface area contributed by atoms with Gasteiger partial charge < -0.3 is 4.74 Å². The fourth-order valence-corrected chi connectivity index (χ4v) is 9.10. The molecule has 1 heterocycles. The van der Waals surface area contributed by atoms with Crippen LogP contribution in [0.2, 0.25) is 0 Å². The van der Waals surface area contributed by atoms with Gasteiger partial charge in [-0.2, -0.15) is 0 Å². The van der Waals surface area contributed by atoms with E-state index in [0.29, 0.717) is 35.5 Å². The first-order chi connectivity index (χ1) is 14.7. The van der Waals surface area contributed by atoms with Gasteiger partial charge in [-0.25, -0.2) is 0 Å². The van der Waals surface area contributed by atoms with Crippen LogP contribution in [0.3, 0.4) is 0 Å². The van der Waals surface area contributed by atoms with Crippen molar-refractivity contribution in [3.8, 4) is 5.75 Å². The van der Waals surface area contributed by atoms with Gasteiger partial charge in [0.05, 0.1) is 7.11 Å². The molecule has 5 saturated carbocycles. The zero-order valence-corrected chi connectivity index (χ0v) is 18.3. The Morgan fingerprint density at radius 2 is 1.90 bits per heavy atom. The molecule has 8 rings (SSSR count). The summed E-state index contributed by atoms with van der Waals surface area (Å²) in [7, 11) is 1.78. The first kappa shape index (κ1) is 18.2. The van der Waals surface area contributed by atoms with E-state index in [9.17, 15) is 4.79 Å². The highest BCUT2D eigenvalue weighted by molar-refractivity contribution is 5.85. The van der Waals surface area contributed by atoms with Crippen LogP contribution in [0.15, 0.2) is 18.2 Å². The third-order valence-corrected chi connectivity index (χ3v) is 10.4. The van der Waals surface area contributed by atoms with Crippen molar-refractivity contribution >= 4 is 5.78 Å².